The molecule has 140 valence electrons. The van der Waals surface area contributed by atoms with Crippen LogP contribution in [0.5, 0.6) is 23.1 Å². The monoisotopic (exact) mass is 386 g/mol. The second-order valence-corrected chi connectivity index (χ2v) is 6.05. The Morgan fingerprint density at radius 1 is 1.00 bits per heavy atom. The lowest BCUT2D eigenvalue weighted by molar-refractivity contribution is 0.405. The molecule has 0 aliphatic carbocycles. The Morgan fingerprint density at radius 3 is 2.48 bits per heavy atom. The van der Waals surface area contributed by atoms with Gasteiger partial charge in [-0.25, -0.2) is 4.98 Å². The number of aryl methyl sites for hydroxylation is 1. The lowest BCUT2D eigenvalue weighted by Crippen LogP contribution is -2.04. The second kappa shape index (κ2) is 8.01. The third-order valence-corrected chi connectivity index (χ3v) is 4.28. The number of hydrogen-bond acceptors (Lipinski definition) is 7. The number of methoxy groups -OCH3 is 2. The molecule has 0 spiro atoms. The summed E-state index contributed by atoms with van der Waals surface area (Å²) in [7, 11) is 3.17. The highest BCUT2D eigenvalue weighted by molar-refractivity contribution is 6.31. The zero-order valence-electron chi connectivity index (χ0n) is 15.1. The largest absolute Gasteiger partial charge is 0.497 e. The normalized spacial score (nSPS) is 10.4. The van der Waals surface area contributed by atoms with E-state index < -0.39 is 0 Å². The van der Waals surface area contributed by atoms with E-state index in [-0.39, 0.29) is 11.6 Å². The quantitative estimate of drug-likeness (QED) is 0.640. The number of nitrogens with zero attached hydrogens (tertiary/aromatic N) is 2. The van der Waals surface area contributed by atoms with Crippen molar-refractivity contribution in [1.82, 2.24) is 9.97 Å². The molecule has 1 aromatic heterocycles. The Kier molecular flexibility index (Phi) is 5.52. The van der Waals surface area contributed by atoms with E-state index in [4.69, 9.17) is 31.5 Å². The highest BCUT2D eigenvalue weighted by atomic mass is 35.5. The van der Waals surface area contributed by atoms with Crippen LogP contribution in [0.4, 0.5) is 17.2 Å². The van der Waals surface area contributed by atoms with E-state index in [0.29, 0.717) is 33.8 Å². The van der Waals surface area contributed by atoms with Crippen molar-refractivity contribution in [3.05, 3.63) is 53.3 Å². The van der Waals surface area contributed by atoms with Crippen molar-refractivity contribution >= 4 is 28.8 Å². The first-order chi connectivity index (χ1) is 13.0. The first-order valence-electron chi connectivity index (χ1n) is 8.05. The highest BCUT2D eigenvalue weighted by Crippen LogP contribution is 2.35. The smallest absolute Gasteiger partial charge is 0.248 e. The number of halogens is 1. The van der Waals surface area contributed by atoms with E-state index in [1.807, 2.05) is 13.0 Å². The number of benzene rings is 2. The molecule has 7 nitrogen and oxygen atoms in total. The van der Waals surface area contributed by atoms with Gasteiger partial charge in [-0.2, -0.15) is 4.98 Å². The summed E-state index contributed by atoms with van der Waals surface area (Å²) in [6.07, 6.45) is 1.36. The van der Waals surface area contributed by atoms with Gasteiger partial charge in [0.2, 0.25) is 5.88 Å². The molecule has 3 aromatic rings. The summed E-state index contributed by atoms with van der Waals surface area (Å²) in [5.74, 6) is 2.48. The van der Waals surface area contributed by atoms with Gasteiger partial charge >= 0.3 is 0 Å². The lowest BCUT2D eigenvalue weighted by atomic mass is 10.2. The molecule has 0 unspecified atom stereocenters. The maximum absolute atomic E-state index is 6.20. The van der Waals surface area contributed by atoms with E-state index in [9.17, 15) is 0 Å². The van der Waals surface area contributed by atoms with Crippen molar-refractivity contribution in [2.75, 3.05) is 25.3 Å². The van der Waals surface area contributed by atoms with Crippen molar-refractivity contribution < 1.29 is 14.2 Å². The molecule has 0 bridgehead atoms. The van der Waals surface area contributed by atoms with Gasteiger partial charge in [-0.3, -0.25) is 0 Å². The summed E-state index contributed by atoms with van der Waals surface area (Å²) in [6.45, 7) is 1.89. The summed E-state index contributed by atoms with van der Waals surface area (Å²) in [6, 6.07) is 10.7. The van der Waals surface area contributed by atoms with Gasteiger partial charge in [0.25, 0.3) is 0 Å². The van der Waals surface area contributed by atoms with Crippen LogP contribution in [0.25, 0.3) is 0 Å². The minimum absolute atomic E-state index is 0.232. The summed E-state index contributed by atoms with van der Waals surface area (Å²) in [5.41, 5.74) is 8.00. The number of ether oxygens (including phenoxy) is 3. The third kappa shape index (κ3) is 4.15. The predicted octanol–water partition coefficient (Wildman–Crippen LogP) is 4.57. The number of aromatic nitrogens is 2. The fraction of sp³-hybridized carbons (Fsp3) is 0.158. The zero-order valence-corrected chi connectivity index (χ0v) is 15.9. The van der Waals surface area contributed by atoms with Crippen LogP contribution in [-0.2, 0) is 0 Å². The van der Waals surface area contributed by atoms with E-state index in [2.05, 4.69) is 15.3 Å². The number of nitrogens with one attached hydrogen (secondary N) is 1. The molecule has 0 aliphatic heterocycles. The van der Waals surface area contributed by atoms with Gasteiger partial charge in [0.1, 0.15) is 29.3 Å². The standard InChI is InChI=1S/C19H19ClN4O3/c1-11-8-13(4-6-14(11)20)27-19-17(21)18(22-10-23-19)24-15-9-12(25-2)5-7-16(15)26-3/h4-10H,21H2,1-3H3,(H,22,23,24). The Hall–Kier alpha value is -3.19. The molecule has 0 saturated heterocycles. The van der Waals surface area contributed by atoms with E-state index in [1.54, 1.807) is 44.6 Å². The van der Waals surface area contributed by atoms with Crippen molar-refractivity contribution in [3.63, 3.8) is 0 Å². The first kappa shape index (κ1) is 18.6. The molecule has 0 fully saturated rings. The van der Waals surface area contributed by atoms with Crippen LogP contribution in [0.1, 0.15) is 5.56 Å². The Morgan fingerprint density at radius 2 is 1.78 bits per heavy atom. The first-order valence-corrected chi connectivity index (χ1v) is 8.43. The average molecular weight is 387 g/mol. The van der Waals surface area contributed by atoms with Crippen LogP contribution in [0.2, 0.25) is 5.02 Å². The van der Waals surface area contributed by atoms with Crippen LogP contribution in [0.15, 0.2) is 42.7 Å². The van der Waals surface area contributed by atoms with Crippen LogP contribution in [0, 0.1) is 6.92 Å². The maximum Gasteiger partial charge on any atom is 0.248 e. The molecule has 0 saturated carbocycles. The van der Waals surface area contributed by atoms with Gasteiger partial charge in [0.05, 0.1) is 19.9 Å². The number of anilines is 3. The Balaban J connectivity index is 1.90. The molecule has 3 rings (SSSR count). The van der Waals surface area contributed by atoms with Crippen molar-refractivity contribution in [1.29, 1.82) is 0 Å². The van der Waals surface area contributed by atoms with E-state index in [0.717, 1.165) is 5.56 Å². The predicted molar refractivity (Wildman–Crippen MR) is 106 cm³/mol. The summed E-state index contributed by atoms with van der Waals surface area (Å²) >= 11 is 6.05. The highest BCUT2D eigenvalue weighted by Gasteiger charge is 2.13. The molecule has 0 radical (unpaired) electrons. The van der Waals surface area contributed by atoms with Gasteiger partial charge < -0.3 is 25.3 Å². The minimum Gasteiger partial charge on any atom is -0.497 e. The molecule has 27 heavy (non-hydrogen) atoms. The number of rotatable bonds is 6. The van der Waals surface area contributed by atoms with Crippen LogP contribution in [0.3, 0.4) is 0 Å². The van der Waals surface area contributed by atoms with Gasteiger partial charge in [-0.15, -0.1) is 0 Å². The summed E-state index contributed by atoms with van der Waals surface area (Å²) in [5, 5.41) is 3.79. The number of hydrogen-bond donors (Lipinski definition) is 2. The Labute approximate surface area is 162 Å². The van der Waals surface area contributed by atoms with Crippen LogP contribution >= 0.6 is 11.6 Å². The van der Waals surface area contributed by atoms with Crippen molar-refractivity contribution in [2.24, 2.45) is 0 Å². The topological polar surface area (TPSA) is 91.5 Å². The molecule has 0 amide bonds. The van der Waals surface area contributed by atoms with E-state index in [1.165, 1.54) is 6.33 Å². The van der Waals surface area contributed by atoms with Gasteiger partial charge in [-0.05, 0) is 42.8 Å². The molecule has 2 aromatic carbocycles. The molecular weight excluding hydrogens is 368 g/mol. The summed E-state index contributed by atoms with van der Waals surface area (Å²) in [4.78, 5) is 8.31. The average Bonchev–Trinajstić information content (AvgIpc) is 2.67. The third-order valence-electron chi connectivity index (χ3n) is 3.85. The summed E-state index contributed by atoms with van der Waals surface area (Å²) < 4.78 is 16.4. The molecular formula is C19H19ClN4O3. The molecule has 1 heterocycles. The fourth-order valence-corrected chi connectivity index (χ4v) is 2.51. The fourth-order valence-electron chi connectivity index (χ4n) is 2.39. The van der Waals surface area contributed by atoms with Crippen molar-refractivity contribution in [3.8, 4) is 23.1 Å². The van der Waals surface area contributed by atoms with Gasteiger partial charge in [-0.1, -0.05) is 11.6 Å². The number of nitrogens with two attached hydrogens (primary N) is 1. The Bertz CT molecular complexity index is 966. The van der Waals surface area contributed by atoms with Crippen molar-refractivity contribution in [2.45, 2.75) is 6.92 Å². The molecule has 0 aliphatic rings. The zero-order chi connectivity index (χ0) is 19.4. The van der Waals surface area contributed by atoms with Gasteiger partial charge in [0, 0.05) is 11.1 Å². The SMILES string of the molecule is COc1ccc(OC)c(Nc2ncnc(Oc3ccc(Cl)c(C)c3)c2N)c1. The van der Waals surface area contributed by atoms with E-state index >= 15 is 0 Å². The van der Waals surface area contributed by atoms with Crippen LogP contribution < -0.4 is 25.3 Å². The molecule has 0 atom stereocenters. The lowest BCUT2D eigenvalue weighted by Gasteiger charge is -2.15. The molecule has 8 heteroatoms. The minimum atomic E-state index is 0.232. The van der Waals surface area contributed by atoms with Crippen LogP contribution in [-0.4, -0.2) is 24.2 Å². The second-order valence-electron chi connectivity index (χ2n) is 5.65. The molecule has 3 N–H and O–H groups in total. The maximum atomic E-state index is 6.20. The van der Waals surface area contributed by atoms with Gasteiger partial charge in [0.15, 0.2) is 5.82 Å². The number of nitrogen functional groups attached to an aromatic ring is 1.